The van der Waals surface area contributed by atoms with E-state index in [1.165, 1.54) is 13.8 Å². The van der Waals surface area contributed by atoms with Gasteiger partial charge in [-0.05, 0) is 27.7 Å². The fourth-order valence-corrected chi connectivity index (χ4v) is 1.88. The van der Waals surface area contributed by atoms with Gasteiger partial charge in [-0.2, -0.15) is 0 Å². The first kappa shape index (κ1) is 39.9. The molecule has 35 heavy (non-hydrogen) atoms. The van der Waals surface area contributed by atoms with E-state index in [0.717, 1.165) is 0 Å². The molecule has 0 fully saturated rings. The number of nitrogens with zero attached hydrogens (tertiary/aromatic N) is 2. The monoisotopic (exact) mass is 599 g/mol. The van der Waals surface area contributed by atoms with Crippen LogP contribution in [0.25, 0.3) is 0 Å². The van der Waals surface area contributed by atoms with Crippen molar-refractivity contribution in [3.8, 4) is 0 Å². The van der Waals surface area contributed by atoms with Gasteiger partial charge < -0.3 is 30.0 Å². The minimum absolute atomic E-state index is 0. The second-order valence-electron chi connectivity index (χ2n) is 4.94. The van der Waals surface area contributed by atoms with E-state index in [1.807, 2.05) is 0 Å². The van der Waals surface area contributed by atoms with Gasteiger partial charge >= 0.3 is 17.1 Å². The van der Waals surface area contributed by atoms with E-state index >= 15 is 0 Å². The number of guanidine groups is 2. The molecular formula is C14H32CuN8O10S2. The summed E-state index contributed by atoms with van der Waals surface area (Å²) in [7, 11) is -8.85. The van der Waals surface area contributed by atoms with Gasteiger partial charge in [-0.3, -0.25) is 39.8 Å². The summed E-state index contributed by atoms with van der Waals surface area (Å²) in [6.45, 7) is 7.49. The second-order valence-corrected chi connectivity index (χ2v) is 7.04. The van der Waals surface area contributed by atoms with Crippen molar-refractivity contribution in [1.82, 2.24) is 10.6 Å². The molecule has 0 heterocycles. The molecule has 0 spiro atoms. The van der Waals surface area contributed by atoms with Crippen LogP contribution in [0.15, 0.2) is 9.98 Å². The van der Waals surface area contributed by atoms with Crippen molar-refractivity contribution < 1.29 is 60.8 Å². The molecule has 0 saturated carbocycles. The molecule has 0 aliphatic rings. The SMILES string of the molecule is CCOC(=N)NC(N)=NCCN=C(N)NC(=N)OCC.CCOS(=O)(=O)[O-].CCOS(=O)(=O)[O-].[Cu+2]. The normalized spacial score (nSPS) is 11.4. The first-order chi connectivity index (χ1) is 15.6. The van der Waals surface area contributed by atoms with Gasteiger partial charge in [0.25, 0.3) is 12.0 Å². The van der Waals surface area contributed by atoms with Crippen LogP contribution >= 0.6 is 0 Å². The van der Waals surface area contributed by atoms with Gasteiger partial charge in [0.2, 0.25) is 20.8 Å². The van der Waals surface area contributed by atoms with Crippen LogP contribution in [0.2, 0.25) is 0 Å². The summed E-state index contributed by atoms with van der Waals surface area (Å²) >= 11 is 0. The van der Waals surface area contributed by atoms with Crippen molar-refractivity contribution in [2.75, 3.05) is 39.5 Å². The zero-order valence-electron chi connectivity index (χ0n) is 19.5. The van der Waals surface area contributed by atoms with E-state index in [1.54, 1.807) is 13.8 Å². The topological polar surface area (TPSA) is 300 Å². The summed E-state index contributed by atoms with van der Waals surface area (Å²) in [5.41, 5.74) is 11.0. The fraction of sp³-hybridized carbons (Fsp3) is 0.714. The summed E-state index contributed by atoms with van der Waals surface area (Å²) in [6, 6.07) is -0.327. The molecule has 0 aromatic heterocycles. The molecule has 0 aliphatic heterocycles. The van der Waals surface area contributed by atoms with Gasteiger partial charge in [0.15, 0.2) is 11.9 Å². The standard InChI is InChI=1S/C10H22N8O2.2C2H6O4S.Cu/c1-3-19-9(13)17-7(11)15-5-6-16-8(12)18-10(14)20-4-2;2*1-2-6-7(3,4)5;/h3-6H2,1-2H3,(H4,11,13,15,17)(H4,12,14,16,18);2*2H2,1H3,(H,3,4,5);/q;;;+2/p-2. The molecule has 1 radical (unpaired) electrons. The van der Waals surface area contributed by atoms with Crippen LogP contribution in [0.1, 0.15) is 27.7 Å². The molecule has 21 heteroatoms. The summed E-state index contributed by atoms with van der Waals surface area (Å²) in [5, 5.41) is 19.5. The van der Waals surface area contributed by atoms with Crippen molar-refractivity contribution >= 4 is 44.8 Å². The Bertz CT molecular complexity index is 783. The van der Waals surface area contributed by atoms with E-state index in [4.69, 9.17) is 31.8 Å². The van der Waals surface area contributed by atoms with Gasteiger partial charge in [0, 0.05) is 0 Å². The second kappa shape index (κ2) is 23.5. The third-order valence-electron chi connectivity index (χ3n) is 2.25. The summed E-state index contributed by atoms with van der Waals surface area (Å²) in [5.74, 6) is 0.125. The molecule has 18 nitrogen and oxygen atoms in total. The first-order valence-corrected chi connectivity index (χ1v) is 12.0. The third kappa shape index (κ3) is 39.3. The number of amidine groups is 2. The van der Waals surface area contributed by atoms with Crippen LogP contribution in [-0.2, 0) is 55.7 Å². The number of nitrogens with two attached hydrogens (primary N) is 2. The average Bonchev–Trinajstić information content (AvgIpc) is 2.64. The van der Waals surface area contributed by atoms with Crippen LogP contribution in [-0.4, -0.2) is 89.4 Å². The van der Waals surface area contributed by atoms with E-state index in [-0.39, 0.29) is 67.3 Å². The van der Waals surface area contributed by atoms with Crippen molar-refractivity contribution in [1.29, 1.82) is 10.8 Å². The molecular weight excluding hydrogens is 568 g/mol. The number of hydrogen-bond acceptors (Lipinski definition) is 14. The summed E-state index contributed by atoms with van der Waals surface area (Å²) < 4.78 is 73.7. The molecule has 0 aromatic rings. The van der Waals surface area contributed by atoms with E-state index < -0.39 is 20.8 Å². The Labute approximate surface area is 215 Å². The van der Waals surface area contributed by atoms with Crippen LogP contribution in [0.4, 0.5) is 0 Å². The van der Waals surface area contributed by atoms with E-state index in [2.05, 4.69) is 29.0 Å². The minimum Gasteiger partial charge on any atom is -0.726 e. The molecule has 0 saturated heterocycles. The van der Waals surface area contributed by atoms with Crippen LogP contribution in [0.5, 0.6) is 0 Å². The molecule has 0 atom stereocenters. The van der Waals surface area contributed by atoms with Gasteiger partial charge in [-0.25, -0.2) is 16.8 Å². The van der Waals surface area contributed by atoms with Crippen molar-refractivity contribution in [3.63, 3.8) is 0 Å². The van der Waals surface area contributed by atoms with Crippen LogP contribution in [0, 0.1) is 10.8 Å². The molecule has 0 bridgehead atoms. The van der Waals surface area contributed by atoms with Gasteiger partial charge in [0.05, 0.1) is 39.5 Å². The van der Waals surface area contributed by atoms with Crippen molar-refractivity contribution in [3.05, 3.63) is 0 Å². The Balaban J connectivity index is -0.000000263. The maximum absolute atomic E-state index is 9.45. The average molecular weight is 600 g/mol. The number of ether oxygens (including phenoxy) is 2. The molecule has 0 aliphatic carbocycles. The van der Waals surface area contributed by atoms with Gasteiger partial charge in [-0.1, -0.05) is 0 Å². The molecule has 0 amide bonds. The minimum atomic E-state index is -4.42. The van der Waals surface area contributed by atoms with E-state index in [9.17, 15) is 25.9 Å². The third-order valence-corrected chi connectivity index (χ3v) is 3.30. The largest absolute Gasteiger partial charge is 2.00 e. The Morgan fingerprint density at radius 1 is 0.743 bits per heavy atom. The Hall–Kier alpha value is -2.26. The number of rotatable bonds is 9. The predicted octanol–water partition coefficient (Wildman–Crippen LogP) is -2.30. The van der Waals surface area contributed by atoms with Gasteiger partial charge in [-0.15, -0.1) is 0 Å². The molecule has 0 rings (SSSR count). The maximum Gasteiger partial charge on any atom is 2.00 e. The molecule has 211 valence electrons. The zero-order chi connectivity index (χ0) is 27.2. The summed E-state index contributed by atoms with van der Waals surface area (Å²) in [4.78, 5) is 7.84. The van der Waals surface area contributed by atoms with Crippen molar-refractivity contribution in [2.45, 2.75) is 27.7 Å². The number of hydrogen-bond donors (Lipinski definition) is 6. The predicted molar refractivity (Wildman–Crippen MR) is 121 cm³/mol. The first-order valence-electron chi connectivity index (χ1n) is 9.38. The quantitative estimate of drug-likeness (QED) is 0.0405. The van der Waals surface area contributed by atoms with Crippen LogP contribution in [0.3, 0.4) is 0 Å². The van der Waals surface area contributed by atoms with Crippen LogP contribution < -0.4 is 22.1 Å². The summed E-state index contributed by atoms with van der Waals surface area (Å²) in [6.07, 6.45) is 0. The molecule has 8 N–H and O–H groups in total. The molecule has 0 unspecified atom stereocenters. The molecule has 0 aromatic carbocycles. The van der Waals surface area contributed by atoms with Crippen molar-refractivity contribution in [2.24, 2.45) is 21.5 Å². The maximum atomic E-state index is 9.45. The number of nitrogens with one attached hydrogen (secondary N) is 4. The smallest absolute Gasteiger partial charge is 0.726 e. The number of aliphatic imine (C=N–C) groups is 2. The van der Waals surface area contributed by atoms with E-state index in [0.29, 0.717) is 13.2 Å². The Kier molecular flexibility index (Phi) is 26.8. The Morgan fingerprint density at radius 3 is 1.20 bits per heavy atom. The Morgan fingerprint density at radius 2 is 1.03 bits per heavy atom. The zero-order valence-corrected chi connectivity index (χ0v) is 22.1. The van der Waals surface area contributed by atoms with Gasteiger partial charge in [0.1, 0.15) is 0 Å². The fourth-order valence-electron chi connectivity index (χ4n) is 1.30.